The number of aliphatic carboxylic acids is 2. The summed E-state index contributed by atoms with van der Waals surface area (Å²) >= 11 is 3.24. The molecule has 0 saturated heterocycles. The average Bonchev–Trinajstić information content (AvgIpc) is 2.20. The van der Waals surface area contributed by atoms with Crippen LogP contribution in [-0.4, -0.2) is 59.1 Å². The van der Waals surface area contributed by atoms with Crippen LogP contribution >= 0.6 is 21.6 Å². The molecule has 0 heterocycles. The zero-order valence-corrected chi connectivity index (χ0v) is 18.6. The molecule has 9 nitrogen and oxygen atoms in total. The average molecular weight is 398 g/mol. The molecule has 0 aliphatic rings. The molecule has 0 amide bonds. The topological polar surface area (TPSA) is 190 Å². The van der Waals surface area contributed by atoms with Gasteiger partial charge in [0.1, 0.15) is 12.1 Å². The number of hydrogen-bond acceptors (Lipinski definition) is 10. The summed E-state index contributed by atoms with van der Waals surface area (Å²) in [6.45, 7) is 0. The van der Waals surface area contributed by atoms with Gasteiger partial charge in [-0.1, -0.05) is 21.6 Å². The molecule has 0 saturated carbocycles. The maximum Gasteiger partial charge on any atom is 1.00 e. The van der Waals surface area contributed by atoms with E-state index in [9.17, 15) is 9.59 Å². The van der Waals surface area contributed by atoms with Gasteiger partial charge in [0, 0.05) is 11.5 Å². The van der Waals surface area contributed by atoms with Gasteiger partial charge < -0.3 is 30.8 Å². The molecule has 0 aromatic rings. The number of carboxylic acid groups (broad SMARTS) is 2. The molecule has 6 N–H and O–H groups in total. The Bertz CT molecular complexity index is 367. The zero-order valence-electron chi connectivity index (χ0n) is 11.3. The first-order valence-corrected chi connectivity index (χ1v) is 9.15. The van der Waals surface area contributed by atoms with Crippen molar-refractivity contribution in [3.8, 4) is 0 Å². The molecule has 114 valence electrons. The van der Waals surface area contributed by atoms with E-state index < -0.39 is 33.1 Å². The molecule has 0 bridgehead atoms. The van der Waals surface area contributed by atoms with E-state index in [0.29, 0.717) is 0 Å². The summed E-state index contributed by atoms with van der Waals surface area (Å²) in [5.74, 6) is -1.68. The van der Waals surface area contributed by atoms with Gasteiger partial charge in [0.15, 0.2) is 0 Å². The van der Waals surface area contributed by atoms with E-state index in [1.54, 1.807) is 0 Å². The molecule has 2 atom stereocenters. The van der Waals surface area contributed by atoms with Crippen molar-refractivity contribution in [2.45, 2.75) is 12.1 Å². The largest absolute Gasteiger partial charge is 1.00 e. The number of carbonyl (C=O) groups is 2. The van der Waals surface area contributed by atoms with Crippen LogP contribution < -0.4 is 70.6 Å². The van der Waals surface area contributed by atoms with Crippen LogP contribution in [0.4, 0.5) is 0 Å². The number of hydrogen-bond donors (Lipinski definition) is 4. The first-order chi connectivity index (χ1) is 8.45. The number of nitrogens with two attached hydrogens (primary N) is 2. The van der Waals surface area contributed by atoms with Crippen LogP contribution in [0.2, 0.25) is 0 Å². The second-order valence-electron chi connectivity index (χ2n) is 2.87. The first kappa shape index (κ1) is 30.7. The first-order valence-electron chi connectivity index (χ1n) is 4.33. The summed E-state index contributed by atoms with van der Waals surface area (Å²) < 4.78 is 26.7. The predicted octanol–water partition coefficient (Wildman–Crippen LogP) is -7.81. The summed E-state index contributed by atoms with van der Waals surface area (Å²) in [5.41, 5.74) is 10.4. The molecule has 0 unspecified atom stereocenters. The van der Waals surface area contributed by atoms with Gasteiger partial charge in [-0.15, -0.1) is 9.05 Å². The van der Waals surface area contributed by atoms with Crippen LogP contribution in [-0.2, 0) is 29.8 Å². The normalized spacial score (nSPS) is 12.6. The Kier molecular flexibility index (Phi) is 24.4. The third-order valence-electron chi connectivity index (χ3n) is 1.21. The zero-order chi connectivity index (χ0) is 15.6. The summed E-state index contributed by atoms with van der Waals surface area (Å²) in [6.07, 6.45) is 0. The maximum atomic E-state index is 10.3. The fraction of sp³-hybridized carbons (Fsp3) is 0.667. The standard InChI is InChI=1S/C6H12N2O4S2.2Na.H2O3S2/c7-3(5(9)10)1-13-14-2-4(8)6(11)12;;;1-5(2,3)4/h3-4H,1-2,7-8H2,(H,9,10)(H,11,12);;;(H2,1,2,3,4)/q;2*+1;/p-2/t3-,4-;;;/m0.../s1. The molecule has 0 radical (unpaired) electrons. The van der Waals surface area contributed by atoms with Gasteiger partial charge in [-0.05, 0) is 11.2 Å². The van der Waals surface area contributed by atoms with Gasteiger partial charge in [-0.2, -0.15) is 0 Å². The van der Waals surface area contributed by atoms with E-state index in [1.807, 2.05) is 0 Å². The molecule has 0 aliphatic heterocycles. The Hall–Kier alpha value is 1.85. The van der Waals surface area contributed by atoms with E-state index in [1.165, 1.54) is 21.6 Å². The molecular formula is C6H12N2Na2O7S4. The molecular weight excluding hydrogens is 386 g/mol. The number of carboxylic acids is 2. The Morgan fingerprint density at radius 3 is 1.38 bits per heavy atom. The van der Waals surface area contributed by atoms with E-state index >= 15 is 0 Å². The Balaban J connectivity index is -0.000000179. The molecule has 0 rings (SSSR count). The van der Waals surface area contributed by atoms with Gasteiger partial charge in [0.2, 0.25) is 0 Å². The van der Waals surface area contributed by atoms with Crippen molar-refractivity contribution < 1.29 is 92.2 Å². The second kappa shape index (κ2) is 16.7. The van der Waals surface area contributed by atoms with Crippen LogP contribution in [0.1, 0.15) is 0 Å². The quantitative estimate of drug-likeness (QED) is 0.180. The summed E-state index contributed by atoms with van der Waals surface area (Å²) in [5, 5.41) is 16.8. The minimum absolute atomic E-state index is 0. The van der Waals surface area contributed by atoms with E-state index in [-0.39, 0.29) is 70.6 Å². The smallest absolute Gasteiger partial charge is 0.780 e. The second-order valence-corrected chi connectivity index (χ2v) is 7.46. The van der Waals surface area contributed by atoms with Gasteiger partial charge in [0.25, 0.3) is 0 Å². The molecule has 0 fully saturated rings. The monoisotopic (exact) mass is 398 g/mol. The predicted molar refractivity (Wildman–Crippen MR) is 73.2 cm³/mol. The summed E-state index contributed by atoms with van der Waals surface area (Å²) in [6, 6.07) is -1.85. The molecule has 0 aliphatic carbocycles. The van der Waals surface area contributed by atoms with E-state index in [0.717, 1.165) is 0 Å². The van der Waals surface area contributed by atoms with Crippen LogP contribution in [0.5, 0.6) is 0 Å². The third-order valence-corrected chi connectivity index (χ3v) is 3.69. The van der Waals surface area contributed by atoms with Crippen molar-refractivity contribution in [3.63, 3.8) is 0 Å². The Labute approximate surface area is 179 Å². The molecule has 0 aromatic carbocycles. The van der Waals surface area contributed by atoms with Crippen molar-refractivity contribution in [3.05, 3.63) is 0 Å². The van der Waals surface area contributed by atoms with Crippen molar-refractivity contribution in [1.29, 1.82) is 0 Å². The van der Waals surface area contributed by atoms with Crippen LogP contribution in [0.25, 0.3) is 0 Å². The van der Waals surface area contributed by atoms with Crippen LogP contribution in [0, 0.1) is 0 Å². The maximum absolute atomic E-state index is 10.3. The SMILES string of the molecule is N[C@@H](CSSC[C@H](N)C(=O)O)C(=O)O.O=S([O-])([O-])=S.[Na+].[Na+]. The van der Waals surface area contributed by atoms with Gasteiger partial charge in [-0.25, -0.2) is 0 Å². The van der Waals surface area contributed by atoms with Crippen molar-refractivity contribution in [2.24, 2.45) is 11.5 Å². The molecule has 15 heteroatoms. The fourth-order valence-corrected chi connectivity index (χ4v) is 2.61. The van der Waals surface area contributed by atoms with Crippen molar-refractivity contribution >= 4 is 53.8 Å². The molecule has 0 aromatic heterocycles. The third kappa shape index (κ3) is 30.3. The minimum atomic E-state index is -4.33. The van der Waals surface area contributed by atoms with E-state index in [2.05, 4.69) is 11.2 Å². The van der Waals surface area contributed by atoms with Gasteiger partial charge in [-0.3, -0.25) is 13.8 Å². The van der Waals surface area contributed by atoms with Crippen molar-refractivity contribution in [1.82, 2.24) is 0 Å². The molecule has 21 heavy (non-hydrogen) atoms. The Morgan fingerprint density at radius 2 is 1.24 bits per heavy atom. The summed E-state index contributed by atoms with van der Waals surface area (Å²) in [7, 11) is -1.93. The van der Waals surface area contributed by atoms with Crippen molar-refractivity contribution in [2.75, 3.05) is 11.5 Å². The minimum Gasteiger partial charge on any atom is -0.780 e. The Morgan fingerprint density at radius 1 is 1.05 bits per heavy atom. The summed E-state index contributed by atoms with van der Waals surface area (Å²) in [4.78, 5) is 20.5. The van der Waals surface area contributed by atoms with E-state index in [4.69, 9.17) is 35.0 Å². The molecule has 0 spiro atoms. The number of rotatable bonds is 7. The fourth-order valence-electron chi connectivity index (χ4n) is 0.385. The van der Waals surface area contributed by atoms with Crippen LogP contribution in [0.15, 0.2) is 0 Å². The van der Waals surface area contributed by atoms with Gasteiger partial charge in [0.05, 0.1) is 0 Å². The van der Waals surface area contributed by atoms with Crippen LogP contribution in [0.3, 0.4) is 0 Å². The van der Waals surface area contributed by atoms with Gasteiger partial charge >= 0.3 is 71.1 Å².